The van der Waals surface area contributed by atoms with Crippen LogP contribution in [0.4, 0.5) is 4.39 Å². The Bertz CT molecular complexity index is 1080. The summed E-state index contributed by atoms with van der Waals surface area (Å²) in [6.07, 6.45) is 4.77. The molecule has 28 heavy (non-hydrogen) atoms. The second-order valence-corrected chi connectivity index (χ2v) is 8.94. The number of rotatable bonds is 3. The maximum atomic E-state index is 13.7. The number of thioether (sulfide) groups is 1. The van der Waals surface area contributed by atoms with Crippen LogP contribution in [0.3, 0.4) is 0 Å². The Morgan fingerprint density at radius 2 is 1.96 bits per heavy atom. The standard InChI is InChI=1S/C24H25FN2S/c1-16-15-28-24(26(16)2)18-10-11-23-21(13-18)20-8-3-4-9-22(20)27(23)14-17-6-5-7-19(25)12-17/h5-7,10-13,15,24H,3-4,8-9,14H2,1-2H3. The van der Waals surface area contributed by atoms with Gasteiger partial charge >= 0.3 is 0 Å². The fourth-order valence-corrected chi connectivity index (χ4v) is 5.77. The molecule has 0 saturated carbocycles. The number of benzene rings is 2. The lowest BCUT2D eigenvalue weighted by Gasteiger charge is -2.23. The number of nitrogens with zero attached hydrogens (tertiary/aromatic N) is 2. The summed E-state index contributed by atoms with van der Waals surface area (Å²) in [4.78, 5) is 2.35. The van der Waals surface area contributed by atoms with Crippen molar-refractivity contribution in [3.63, 3.8) is 0 Å². The molecule has 4 heteroatoms. The minimum atomic E-state index is -0.158. The van der Waals surface area contributed by atoms with Gasteiger partial charge in [-0.2, -0.15) is 0 Å². The van der Waals surface area contributed by atoms with Crippen molar-refractivity contribution in [2.45, 2.75) is 44.5 Å². The quantitative estimate of drug-likeness (QED) is 0.521. The van der Waals surface area contributed by atoms with Crippen molar-refractivity contribution in [3.8, 4) is 0 Å². The van der Waals surface area contributed by atoms with Crippen LogP contribution in [0.1, 0.15) is 47.5 Å². The number of fused-ring (bicyclic) bond motifs is 3. The zero-order chi connectivity index (χ0) is 19.3. The largest absolute Gasteiger partial charge is 0.361 e. The molecule has 0 fully saturated rings. The Hall–Kier alpha value is -2.20. The summed E-state index contributed by atoms with van der Waals surface area (Å²) in [6.45, 7) is 2.91. The van der Waals surface area contributed by atoms with Crippen LogP contribution in [0, 0.1) is 5.82 Å². The third-order valence-corrected chi connectivity index (χ3v) is 7.51. The number of halogens is 1. The van der Waals surface area contributed by atoms with E-state index < -0.39 is 0 Å². The van der Waals surface area contributed by atoms with Gasteiger partial charge in [-0.15, -0.1) is 11.8 Å². The van der Waals surface area contributed by atoms with E-state index in [1.165, 1.54) is 52.3 Å². The van der Waals surface area contributed by atoms with E-state index in [1.54, 1.807) is 6.07 Å². The number of aryl methyl sites for hydroxylation is 1. The van der Waals surface area contributed by atoms with Gasteiger partial charge in [0.15, 0.2) is 0 Å². The second-order valence-electron chi connectivity index (χ2n) is 7.98. The lowest BCUT2D eigenvalue weighted by Crippen LogP contribution is -2.15. The van der Waals surface area contributed by atoms with Gasteiger partial charge in [0.25, 0.3) is 0 Å². The molecular weight excluding hydrogens is 367 g/mol. The third kappa shape index (κ3) is 2.95. The topological polar surface area (TPSA) is 8.17 Å². The van der Waals surface area contributed by atoms with Crippen LogP contribution in [-0.4, -0.2) is 16.5 Å². The first-order chi connectivity index (χ1) is 13.6. The van der Waals surface area contributed by atoms with Crippen LogP contribution in [-0.2, 0) is 19.4 Å². The fraction of sp³-hybridized carbons (Fsp3) is 0.333. The number of hydrogen-bond donors (Lipinski definition) is 0. The molecule has 0 N–H and O–H groups in total. The molecule has 1 atom stereocenters. The van der Waals surface area contributed by atoms with Crippen molar-refractivity contribution >= 4 is 22.7 Å². The van der Waals surface area contributed by atoms with Crippen LogP contribution in [0.5, 0.6) is 0 Å². The van der Waals surface area contributed by atoms with Gasteiger partial charge in [-0.3, -0.25) is 0 Å². The average molecular weight is 393 g/mol. The van der Waals surface area contributed by atoms with Crippen LogP contribution < -0.4 is 0 Å². The molecule has 1 aromatic heterocycles. The van der Waals surface area contributed by atoms with Gasteiger partial charge < -0.3 is 9.47 Å². The molecule has 5 rings (SSSR count). The molecule has 2 nitrogen and oxygen atoms in total. The van der Waals surface area contributed by atoms with Crippen LogP contribution >= 0.6 is 11.8 Å². The summed E-state index contributed by atoms with van der Waals surface area (Å²) in [5.74, 6) is -0.158. The second kappa shape index (κ2) is 7.00. The van der Waals surface area contributed by atoms with E-state index in [1.807, 2.05) is 23.9 Å². The van der Waals surface area contributed by atoms with Gasteiger partial charge in [0.05, 0.1) is 0 Å². The zero-order valence-corrected chi connectivity index (χ0v) is 17.2. The number of aromatic nitrogens is 1. The Morgan fingerprint density at radius 3 is 2.75 bits per heavy atom. The van der Waals surface area contributed by atoms with Crippen LogP contribution in [0.2, 0.25) is 0 Å². The summed E-state index contributed by atoms with van der Waals surface area (Å²) < 4.78 is 16.1. The highest BCUT2D eigenvalue weighted by molar-refractivity contribution is 8.02. The molecule has 0 amide bonds. The predicted molar refractivity (Wildman–Crippen MR) is 116 cm³/mol. The third-order valence-electron chi connectivity index (χ3n) is 6.19. The highest BCUT2D eigenvalue weighted by Gasteiger charge is 2.25. The first-order valence-corrected chi connectivity index (χ1v) is 11.0. The van der Waals surface area contributed by atoms with Gasteiger partial charge in [0.1, 0.15) is 11.2 Å². The summed E-state index contributed by atoms with van der Waals surface area (Å²) in [7, 11) is 2.17. The van der Waals surface area contributed by atoms with Crippen molar-refractivity contribution in [2.24, 2.45) is 0 Å². The van der Waals surface area contributed by atoms with Gasteiger partial charge in [0, 0.05) is 35.9 Å². The summed E-state index contributed by atoms with van der Waals surface area (Å²) >= 11 is 1.88. The van der Waals surface area contributed by atoms with Crippen molar-refractivity contribution < 1.29 is 4.39 Å². The van der Waals surface area contributed by atoms with E-state index in [0.717, 1.165) is 24.9 Å². The lowest BCUT2D eigenvalue weighted by atomic mass is 9.95. The first-order valence-electron chi connectivity index (χ1n) is 10.1. The minimum Gasteiger partial charge on any atom is -0.361 e. The molecule has 2 aliphatic rings. The average Bonchev–Trinajstić information content (AvgIpc) is 3.20. The SMILES string of the molecule is CC1=CSC(c2ccc3c(c2)c2c(n3Cc3cccc(F)c3)CCCC2)N1C. The monoisotopic (exact) mass is 392 g/mol. The normalized spacial score (nSPS) is 19.2. The van der Waals surface area contributed by atoms with E-state index in [9.17, 15) is 4.39 Å². The van der Waals surface area contributed by atoms with Crippen LogP contribution in [0.15, 0.2) is 53.6 Å². The zero-order valence-electron chi connectivity index (χ0n) is 16.4. The van der Waals surface area contributed by atoms with Crippen LogP contribution in [0.25, 0.3) is 10.9 Å². The molecule has 144 valence electrons. The molecule has 1 unspecified atom stereocenters. The van der Waals surface area contributed by atoms with E-state index in [4.69, 9.17) is 0 Å². The van der Waals surface area contributed by atoms with Crippen molar-refractivity contribution in [3.05, 3.63) is 81.8 Å². The molecular formula is C24H25FN2S. The molecule has 0 spiro atoms. The summed E-state index contributed by atoms with van der Waals surface area (Å²) in [6, 6.07) is 14.0. The van der Waals surface area contributed by atoms with E-state index in [0.29, 0.717) is 5.37 Å². The smallest absolute Gasteiger partial charge is 0.123 e. The molecule has 2 heterocycles. The first kappa shape index (κ1) is 17.9. The molecule has 0 saturated heterocycles. The van der Waals surface area contributed by atoms with Gasteiger partial charge in [0.2, 0.25) is 0 Å². The Balaban J connectivity index is 1.61. The van der Waals surface area contributed by atoms with Crippen molar-refractivity contribution in [2.75, 3.05) is 7.05 Å². The van der Waals surface area contributed by atoms with Gasteiger partial charge in [-0.25, -0.2) is 4.39 Å². The Labute approximate surface area is 170 Å². The fourth-order valence-electron chi connectivity index (χ4n) is 4.63. The molecule has 1 aliphatic carbocycles. The van der Waals surface area contributed by atoms with E-state index in [-0.39, 0.29) is 5.82 Å². The summed E-state index contributed by atoms with van der Waals surface area (Å²) in [5, 5.41) is 4.00. The lowest BCUT2D eigenvalue weighted by molar-refractivity contribution is 0.412. The Morgan fingerprint density at radius 1 is 1.11 bits per heavy atom. The van der Waals surface area contributed by atoms with Gasteiger partial charge in [-0.1, -0.05) is 18.2 Å². The van der Waals surface area contributed by atoms with Crippen molar-refractivity contribution in [1.82, 2.24) is 9.47 Å². The molecule has 0 radical (unpaired) electrons. The maximum absolute atomic E-state index is 13.7. The van der Waals surface area contributed by atoms with Gasteiger partial charge in [-0.05, 0) is 79.0 Å². The molecule has 0 bridgehead atoms. The van der Waals surface area contributed by atoms with E-state index in [2.05, 4.69) is 47.0 Å². The maximum Gasteiger partial charge on any atom is 0.123 e. The molecule has 1 aliphatic heterocycles. The Kier molecular flexibility index (Phi) is 4.47. The molecule has 3 aromatic rings. The number of allylic oxidation sites excluding steroid dienone is 1. The van der Waals surface area contributed by atoms with E-state index >= 15 is 0 Å². The summed E-state index contributed by atoms with van der Waals surface area (Å²) in [5.41, 5.74) is 7.96. The van der Waals surface area contributed by atoms with Crippen molar-refractivity contribution in [1.29, 1.82) is 0 Å². The predicted octanol–water partition coefficient (Wildman–Crippen LogP) is 6.25. The number of hydrogen-bond acceptors (Lipinski definition) is 2. The highest BCUT2D eigenvalue weighted by Crippen LogP contribution is 2.43. The minimum absolute atomic E-state index is 0.158. The molecule has 2 aromatic carbocycles. The highest BCUT2D eigenvalue weighted by atomic mass is 32.2.